The van der Waals surface area contributed by atoms with Crippen LogP contribution in [0.1, 0.15) is 22.9 Å². The molecule has 0 aliphatic carbocycles. The molecule has 0 N–H and O–H groups in total. The lowest BCUT2D eigenvalue weighted by Crippen LogP contribution is -2.35. The second kappa shape index (κ2) is 5.21. The summed E-state index contributed by atoms with van der Waals surface area (Å²) >= 11 is 3.40. The third-order valence-electron chi connectivity index (χ3n) is 4.04. The van der Waals surface area contributed by atoms with Crippen molar-refractivity contribution in [3.63, 3.8) is 0 Å². The summed E-state index contributed by atoms with van der Waals surface area (Å²) in [5.74, 6) is 0. The van der Waals surface area contributed by atoms with Crippen LogP contribution in [0.5, 0.6) is 0 Å². The Bertz CT molecular complexity index is 860. The fourth-order valence-corrected chi connectivity index (χ4v) is 3.33. The summed E-state index contributed by atoms with van der Waals surface area (Å²) in [6.45, 7) is 0.705. The van der Waals surface area contributed by atoms with E-state index in [1.54, 1.807) is 15.6 Å². The monoisotopic (exact) mass is 356 g/mol. The van der Waals surface area contributed by atoms with E-state index in [0.29, 0.717) is 6.54 Å². The van der Waals surface area contributed by atoms with Crippen LogP contribution >= 0.6 is 15.9 Å². The molecule has 1 aliphatic heterocycles. The fraction of sp³-hybridized carbons (Fsp3) is 0.188. The van der Waals surface area contributed by atoms with Crippen LogP contribution in [0.3, 0.4) is 0 Å². The molecule has 0 saturated carbocycles. The van der Waals surface area contributed by atoms with Crippen molar-refractivity contribution in [1.29, 1.82) is 0 Å². The molecular weight excluding hydrogens is 344 g/mol. The molecule has 0 radical (unpaired) electrons. The van der Waals surface area contributed by atoms with E-state index in [0.717, 1.165) is 34.2 Å². The molecular formula is C16H13BrN4O. The number of amides is 1. The normalized spacial score (nSPS) is 17.5. The first-order valence-electron chi connectivity index (χ1n) is 7.06. The van der Waals surface area contributed by atoms with Gasteiger partial charge in [0.25, 0.3) is 0 Å². The first kappa shape index (κ1) is 13.5. The second-order valence-electron chi connectivity index (χ2n) is 5.34. The van der Waals surface area contributed by atoms with Gasteiger partial charge in [-0.3, -0.25) is 4.79 Å². The van der Waals surface area contributed by atoms with Crippen LogP contribution in [0, 0.1) is 0 Å². The Hall–Kier alpha value is -2.21. The number of hydrogen-bond donors (Lipinski definition) is 0. The molecule has 1 unspecified atom stereocenters. The molecule has 1 aliphatic rings. The third kappa shape index (κ3) is 2.11. The Morgan fingerprint density at radius 3 is 3.05 bits per heavy atom. The van der Waals surface area contributed by atoms with Crippen molar-refractivity contribution in [2.75, 3.05) is 6.54 Å². The van der Waals surface area contributed by atoms with E-state index in [1.807, 2.05) is 24.4 Å². The largest absolute Gasteiger partial charge is 0.332 e. The van der Waals surface area contributed by atoms with Gasteiger partial charge >= 0.3 is 0 Å². The van der Waals surface area contributed by atoms with Crippen LogP contribution < -0.4 is 0 Å². The molecule has 1 amide bonds. The molecule has 2 aromatic heterocycles. The molecule has 3 aromatic rings. The molecule has 5 nitrogen and oxygen atoms in total. The Labute approximate surface area is 135 Å². The van der Waals surface area contributed by atoms with Crippen LogP contribution in [-0.2, 0) is 11.2 Å². The zero-order valence-electron chi connectivity index (χ0n) is 11.7. The van der Waals surface area contributed by atoms with Gasteiger partial charge in [-0.25, -0.2) is 9.50 Å². The number of halogens is 1. The van der Waals surface area contributed by atoms with Crippen molar-refractivity contribution in [3.05, 3.63) is 64.0 Å². The lowest BCUT2D eigenvalue weighted by atomic mass is 9.91. The van der Waals surface area contributed by atoms with Gasteiger partial charge in [0.2, 0.25) is 6.41 Å². The molecule has 1 atom stereocenters. The average Bonchev–Trinajstić information content (AvgIpc) is 2.96. The maximum atomic E-state index is 11.5. The van der Waals surface area contributed by atoms with Gasteiger partial charge in [-0.2, -0.15) is 5.10 Å². The van der Waals surface area contributed by atoms with Gasteiger partial charge in [0.1, 0.15) is 6.04 Å². The maximum Gasteiger partial charge on any atom is 0.210 e. The van der Waals surface area contributed by atoms with Crippen molar-refractivity contribution in [2.24, 2.45) is 0 Å². The van der Waals surface area contributed by atoms with Crippen molar-refractivity contribution in [2.45, 2.75) is 12.5 Å². The van der Waals surface area contributed by atoms with Gasteiger partial charge in [0.05, 0.1) is 10.2 Å². The highest BCUT2D eigenvalue weighted by atomic mass is 79.9. The third-order valence-corrected chi connectivity index (χ3v) is 4.45. The lowest BCUT2D eigenvalue weighted by Gasteiger charge is -2.33. The van der Waals surface area contributed by atoms with Gasteiger partial charge in [0, 0.05) is 25.0 Å². The van der Waals surface area contributed by atoms with E-state index in [4.69, 9.17) is 0 Å². The van der Waals surface area contributed by atoms with Crippen molar-refractivity contribution in [3.8, 4) is 0 Å². The predicted molar refractivity (Wildman–Crippen MR) is 85.4 cm³/mol. The van der Waals surface area contributed by atoms with Crippen molar-refractivity contribution >= 4 is 28.0 Å². The molecule has 1 aromatic carbocycles. The summed E-state index contributed by atoms with van der Waals surface area (Å²) in [5.41, 5.74) is 4.03. The summed E-state index contributed by atoms with van der Waals surface area (Å²) in [7, 11) is 0. The Morgan fingerprint density at radius 1 is 1.32 bits per heavy atom. The van der Waals surface area contributed by atoms with Gasteiger partial charge in [-0.05, 0) is 33.5 Å². The van der Waals surface area contributed by atoms with Crippen LogP contribution in [-0.4, -0.2) is 32.5 Å². The van der Waals surface area contributed by atoms with Gasteiger partial charge in [0.15, 0.2) is 5.65 Å². The number of fused-ring (bicyclic) bond motifs is 2. The molecule has 110 valence electrons. The number of nitrogens with zero attached hydrogens (tertiary/aromatic N) is 4. The first-order chi connectivity index (χ1) is 10.8. The minimum Gasteiger partial charge on any atom is -0.332 e. The van der Waals surface area contributed by atoms with Crippen LogP contribution in [0.4, 0.5) is 0 Å². The van der Waals surface area contributed by atoms with Gasteiger partial charge in [-0.15, -0.1) is 0 Å². The Balaban J connectivity index is 1.88. The van der Waals surface area contributed by atoms with E-state index in [2.05, 4.69) is 38.1 Å². The van der Waals surface area contributed by atoms with E-state index < -0.39 is 0 Å². The zero-order valence-corrected chi connectivity index (χ0v) is 13.3. The standard InChI is InChI=1S/C16H13BrN4O/c17-12-8-18-15-7-14(19-21(15)9-12)16-13-4-2-1-3-11(13)5-6-20(16)10-22/h1-4,7-10,16H,5-6H2. The quantitative estimate of drug-likeness (QED) is 0.663. The topological polar surface area (TPSA) is 50.5 Å². The minimum absolute atomic E-state index is 0.150. The molecule has 3 heterocycles. The lowest BCUT2D eigenvalue weighted by molar-refractivity contribution is -0.120. The summed E-state index contributed by atoms with van der Waals surface area (Å²) in [4.78, 5) is 17.6. The zero-order chi connectivity index (χ0) is 15.1. The number of carbonyl (C=O) groups is 1. The number of benzene rings is 1. The minimum atomic E-state index is -0.150. The summed E-state index contributed by atoms with van der Waals surface area (Å²) in [6, 6.07) is 10.0. The highest BCUT2D eigenvalue weighted by Crippen LogP contribution is 2.33. The summed E-state index contributed by atoms with van der Waals surface area (Å²) < 4.78 is 2.60. The second-order valence-corrected chi connectivity index (χ2v) is 6.25. The molecule has 0 fully saturated rings. The number of carbonyl (C=O) groups excluding carboxylic acids is 1. The number of rotatable bonds is 2. The molecule has 6 heteroatoms. The first-order valence-corrected chi connectivity index (χ1v) is 7.85. The highest BCUT2D eigenvalue weighted by Gasteiger charge is 2.29. The molecule has 0 saturated heterocycles. The van der Waals surface area contributed by atoms with E-state index >= 15 is 0 Å². The SMILES string of the molecule is O=CN1CCc2ccccc2C1c1cc2ncc(Br)cn2n1. The van der Waals surface area contributed by atoms with Crippen LogP contribution in [0.15, 0.2) is 47.2 Å². The van der Waals surface area contributed by atoms with Gasteiger partial charge in [-0.1, -0.05) is 24.3 Å². The average molecular weight is 357 g/mol. The molecule has 0 bridgehead atoms. The fourth-order valence-electron chi connectivity index (χ4n) is 3.03. The van der Waals surface area contributed by atoms with Crippen LogP contribution in [0.25, 0.3) is 5.65 Å². The summed E-state index contributed by atoms with van der Waals surface area (Å²) in [6.07, 6.45) is 5.40. The smallest absolute Gasteiger partial charge is 0.210 e. The van der Waals surface area contributed by atoms with Gasteiger partial charge < -0.3 is 4.90 Å². The maximum absolute atomic E-state index is 11.5. The number of hydrogen-bond acceptors (Lipinski definition) is 3. The highest BCUT2D eigenvalue weighted by molar-refractivity contribution is 9.10. The van der Waals surface area contributed by atoms with Crippen molar-refractivity contribution < 1.29 is 4.79 Å². The summed E-state index contributed by atoms with van der Waals surface area (Å²) in [5, 5.41) is 4.62. The van der Waals surface area contributed by atoms with E-state index in [-0.39, 0.29) is 6.04 Å². The predicted octanol–water partition coefficient (Wildman–Crippen LogP) is 2.60. The van der Waals surface area contributed by atoms with E-state index in [9.17, 15) is 4.79 Å². The Kier molecular flexibility index (Phi) is 3.18. The van der Waals surface area contributed by atoms with E-state index in [1.165, 1.54) is 5.56 Å². The Morgan fingerprint density at radius 2 is 2.18 bits per heavy atom. The van der Waals surface area contributed by atoms with Crippen LogP contribution in [0.2, 0.25) is 0 Å². The molecule has 4 rings (SSSR count). The van der Waals surface area contributed by atoms with Crippen molar-refractivity contribution in [1.82, 2.24) is 19.5 Å². The number of aromatic nitrogens is 3. The molecule has 0 spiro atoms. The molecule has 22 heavy (non-hydrogen) atoms.